The molecule has 0 aliphatic carbocycles. The van der Waals surface area contributed by atoms with Crippen molar-refractivity contribution in [1.82, 2.24) is 5.32 Å². The number of hydrogen-bond acceptors (Lipinski definition) is 7. The molecule has 7 heteroatoms. The van der Waals surface area contributed by atoms with Crippen LogP contribution in [-0.4, -0.2) is 63.0 Å². The number of rotatable bonds is 12. The molecule has 2 aromatic carbocycles. The molecular weight excluding hydrogens is 370 g/mol. The number of nitrogens with zero attached hydrogens (tertiary/aromatic N) is 2. The van der Waals surface area contributed by atoms with Crippen LogP contribution in [0.4, 0.5) is 0 Å². The predicted molar refractivity (Wildman–Crippen MR) is 116 cm³/mol. The van der Waals surface area contributed by atoms with E-state index in [4.69, 9.17) is 9.47 Å². The molecule has 0 saturated carbocycles. The Bertz CT molecular complexity index is 754. The molecule has 0 aliphatic rings. The highest BCUT2D eigenvalue weighted by Crippen LogP contribution is 2.28. The monoisotopic (exact) mass is 399 g/mol. The third-order valence-electron chi connectivity index (χ3n) is 4.24. The smallest absolute Gasteiger partial charge is 0.166 e. The minimum absolute atomic E-state index is 0.111. The summed E-state index contributed by atoms with van der Waals surface area (Å²) in [7, 11) is 3.05. The van der Waals surface area contributed by atoms with Crippen molar-refractivity contribution in [2.24, 2.45) is 9.98 Å². The number of aromatic hydroxyl groups is 2. The highest BCUT2D eigenvalue weighted by molar-refractivity contribution is 5.85. The summed E-state index contributed by atoms with van der Waals surface area (Å²) in [6.07, 6.45) is 5.14. The number of ether oxygens (including phenoxy) is 2. The molecule has 0 amide bonds. The Morgan fingerprint density at radius 2 is 1.24 bits per heavy atom. The number of benzene rings is 2. The molecule has 0 atom stereocenters. The van der Waals surface area contributed by atoms with Crippen LogP contribution in [0, 0.1) is 0 Å². The fourth-order valence-electron chi connectivity index (χ4n) is 2.66. The number of para-hydroxylation sites is 2. The number of phenolic OH excluding ortho intramolecular Hbond substituents is 2. The van der Waals surface area contributed by atoms with E-state index >= 15 is 0 Å². The number of nitrogens with one attached hydrogen (secondary N) is 1. The van der Waals surface area contributed by atoms with Crippen molar-refractivity contribution >= 4 is 12.4 Å². The van der Waals surface area contributed by atoms with Crippen LogP contribution in [0.15, 0.2) is 46.4 Å². The Balaban J connectivity index is 1.58. The first-order valence-corrected chi connectivity index (χ1v) is 9.59. The Morgan fingerprint density at radius 3 is 1.66 bits per heavy atom. The average molecular weight is 399 g/mol. The summed E-state index contributed by atoms with van der Waals surface area (Å²) in [5.41, 5.74) is 1.30. The van der Waals surface area contributed by atoms with E-state index in [0.29, 0.717) is 35.7 Å². The normalized spacial score (nSPS) is 11.4. The van der Waals surface area contributed by atoms with Crippen LogP contribution in [0.25, 0.3) is 0 Å². The lowest BCUT2D eigenvalue weighted by Crippen LogP contribution is -2.18. The van der Waals surface area contributed by atoms with Crippen molar-refractivity contribution in [2.45, 2.75) is 12.8 Å². The molecule has 0 aliphatic heterocycles. The molecule has 0 spiro atoms. The summed E-state index contributed by atoms with van der Waals surface area (Å²) in [5.74, 6) is 1.11. The van der Waals surface area contributed by atoms with Gasteiger partial charge in [-0.3, -0.25) is 9.98 Å². The molecule has 3 N–H and O–H groups in total. The van der Waals surface area contributed by atoms with Gasteiger partial charge in [-0.25, -0.2) is 0 Å². The maximum Gasteiger partial charge on any atom is 0.166 e. The van der Waals surface area contributed by atoms with E-state index in [1.807, 2.05) is 12.1 Å². The van der Waals surface area contributed by atoms with Gasteiger partial charge in [0, 0.05) is 36.6 Å². The maximum absolute atomic E-state index is 9.99. The summed E-state index contributed by atoms with van der Waals surface area (Å²) in [6.45, 7) is 3.08. The van der Waals surface area contributed by atoms with Crippen LogP contribution in [0.3, 0.4) is 0 Å². The van der Waals surface area contributed by atoms with Crippen molar-refractivity contribution in [3.63, 3.8) is 0 Å². The SMILES string of the molecule is COc1cccc(C=NCCCNCCCN=Cc2cccc(OC)c2O)c1O. The second kappa shape index (κ2) is 12.4. The zero-order chi connectivity index (χ0) is 20.9. The van der Waals surface area contributed by atoms with E-state index in [2.05, 4.69) is 15.3 Å². The van der Waals surface area contributed by atoms with Crippen molar-refractivity contribution in [2.75, 3.05) is 40.4 Å². The standard InChI is InChI=1S/C22H29N3O4/c1-28-19-9-3-7-17(21(19)26)15-24-13-5-11-23-12-6-14-25-16-18-8-4-10-20(29-2)22(18)27/h3-4,7-10,15-16,23,26-27H,5-6,11-14H2,1-2H3. The highest BCUT2D eigenvalue weighted by Gasteiger charge is 2.05. The third kappa shape index (κ3) is 7.12. The van der Waals surface area contributed by atoms with Crippen molar-refractivity contribution in [3.8, 4) is 23.0 Å². The zero-order valence-electron chi connectivity index (χ0n) is 17.0. The average Bonchev–Trinajstić information content (AvgIpc) is 2.74. The molecule has 0 saturated heterocycles. The summed E-state index contributed by atoms with van der Waals surface area (Å²) in [6, 6.07) is 10.6. The van der Waals surface area contributed by atoms with Crippen molar-refractivity contribution in [3.05, 3.63) is 47.5 Å². The third-order valence-corrected chi connectivity index (χ3v) is 4.24. The second-order valence-electron chi connectivity index (χ2n) is 6.32. The quantitative estimate of drug-likeness (QED) is 0.377. The summed E-state index contributed by atoms with van der Waals surface area (Å²) >= 11 is 0. The van der Waals surface area contributed by atoms with Crippen LogP contribution in [-0.2, 0) is 0 Å². The van der Waals surface area contributed by atoms with Crippen LogP contribution in [0.5, 0.6) is 23.0 Å². The van der Waals surface area contributed by atoms with E-state index in [-0.39, 0.29) is 11.5 Å². The zero-order valence-corrected chi connectivity index (χ0v) is 17.0. The summed E-state index contributed by atoms with van der Waals surface area (Å²) < 4.78 is 10.2. The van der Waals surface area contributed by atoms with Gasteiger partial charge in [0.1, 0.15) is 0 Å². The molecule has 0 heterocycles. The van der Waals surface area contributed by atoms with Crippen molar-refractivity contribution in [1.29, 1.82) is 0 Å². The molecule has 7 nitrogen and oxygen atoms in total. The lowest BCUT2D eigenvalue weighted by atomic mass is 10.2. The first-order valence-electron chi connectivity index (χ1n) is 9.59. The largest absolute Gasteiger partial charge is 0.504 e. The minimum Gasteiger partial charge on any atom is -0.504 e. The Labute approximate surface area is 171 Å². The molecule has 2 rings (SSSR count). The Kier molecular flexibility index (Phi) is 9.51. The maximum atomic E-state index is 9.99. The number of aliphatic imine (C=N–C) groups is 2. The van der Waals surface area contributed by atoms with Gasteiger partial charge in [-0.2, -0.15) is 0 Å². The lowest BCUT2D eigenvalue weighted by molar-refractivity contribution is 0.373. The molecule has 0 fully saturated rings. The van der Waals surface area contributed by atoms with Gasteiger partial charge >= 0.3 is 0 Å². The highest BCUT2D eigenvalue weighted by atomic mass is 16.5. The topological polar surface area (TPSA) is 95.7 Å². The van der Waals surface area contributed by atoms with Gasteiger partial charge < -0.3 is 25.0 Å². The molecule has 0 unspecified atom stereocenters. The predicted octanol–water partition coefficient (Wildman–Crippen LogP) is 3.02. The number of hydrogen-bond donors (Lipinski definition) is 3. The van der Waals surface area contributed by atoms with Crippen LogP contribution in [0.2, 0.25) is 0 Å². The fraction of sp³-hybridized carbons (Fsp3) is 0.364. The van der Waals surface area contributed by atoms with Crippen LogP contribution < -0.4 is 14.8 Å². The number of phenols is 2. The van der Waals surface area contributed by atoms with E-state index in [1.165, 1.54) is 14.2 Å². The van der Waals surface area contributed by atoms with E-state index in [0.717, 1.165) is 25.9 Å². The van der Waals surface area contributed by atoms with Crippen molar-refractivity contribution < 1.29 is 19.7 Å². The van der Waals surface area contributed by atoms with Gasteiger partial charge in [-0.15, -0.1) is 0 Å². The van der Waals surface area contributed by atoms with E-state index < -0.39 is 0 Å². The van der Waals surface area contributed by atoms with Gasteiger partial charge in [-0.1, -0.05) is 12.1 Å². The molecule has 0 aromatic heterocycles. The Hall–Kier alpha value is -3.06. The second-order valence-corrected chi connectivity index (χ2v) is 6.32. The summed E-state index contributed by atoms with van der Waals surface area (Å²) in [5, 5.41) is 23.3. The van der Waals surface area contributed by atoms with Gasteiger partial charge in [0.15, 0.2) is 23.0 Å². The number of methoxy groups -OCH3 is 2. The van der Waals surface area contributed by atoms with Gasteiger partial charge in [0.25, 0.3) is 0 Å². The van der Waals surface area contributed by atoms with Gasteiger partial charge in [-0.05, 0) is 50.2 Å². The van der Waals surface area contributed by atoms with Crippen LogP contribution in [0.1, 0.15) is 24.0 Å². The van der Waals surface area contributed by atoms with Gasteiger partial charge in [0.05, 0.1) is 14.2 Å². The van der Waals surface area contributed by atoms with Gasteiger partial charge in [0.2, 0.25) is 0 Å². The molecule has 29 heavy (non-hydrogen) atoms. The fourth-order valence-corrected chi connectivity index (χ4v) is 2.66. The molecule has 0 radical (unpaired) electrons. The van der Waals surface area contributed by atoms with E-state index in [9.17, 15) is 10.2 Å². The lowest BCUT2D eigenvalue weighted by Gasteiger charge is -2.05. The first kappa shape index (κ1) is 22.2. The Morgan fingerprint density at radius 1 is 0.793 bits per heavy atom. The molecular formula is C22H29N3O4. The first-order chi connectivity index (χ1) is 14.2. The van der Waals surface area contributed by atoms with Crippen LogP contribution >= 0.6 is 0 Å². The minimum atomic E-state index is 0.111. The molecule has 0 bridgehead atoms. The summed E-state index contributed by atoms with van der Waals surface area (Å²) in [4.78, 5) is 8.69. The molecule has 2 aromatic rings. The molecule has 156 valence electrons. The van der Waals surface area contributed by atoms with E-state index in [1.54, 1.807) is 36.7 Å².